The average molecular weight is 260 g/mol. The molecule has 4 heteroatoms. The summed E-state index contributed by atoms with van der Waals surface area (Å²) in [4.78, 5) is 4.36. The Morgan fingerprint density at radius 3 is 3.00 bits per heavy atom. The molecule has 0 bridgehead atoms. The number of nitrogens with one attached hydrogen (secondary N) is 1. The molecule has 1 unspecified atom stereocenters. The second-order valence-electron chi connectivity index (χ2n) is 5.86. The molecule has 0 aliphatic carbocycles. The molecule has 1 aromatic carbocycles. The van der Waals surface area contributed by atoms with Crippen LogP contribution >= 0.6 is 0 Å². The van der Waals surface area contributed by atoms with Crippen LogP contribution < -0.4 is 5.32 Å². The maximum atomic E-state index is 5.74. The van der Waals surface area contributed by atoms with Crippen LogP contribution in [0.4, 0.5) is 5.69 Å². The Morgan fingerprint density at radius 2 is 2.21 bits per heavy atom. The van der Waals surface area contributed by atoms with Gasteiger partial charge in [-0.15, -0.1) is 0 Å². The monoisotopic (exact) mass is 260 g/mol. The molecule has 1 atom stereocenters. The van der Waals surface area contributed by atoms with E-state index in [9.17, 15) is 0 Å². The fourth-order valence-electron chi connectivity index (χ4n) is 2.72. The van der Waals surface area contributed by atoms with E-state index in [2.05, 4.69) is 30.2 Å². The normalized spacial score (nSPS) is 22.6. The molecule has 102 valence electrons. The summed E-state index contributed by atoms with van der Waals surface area (Å²) in [5, 5.41) is 3.58. The van der Waals surface area contributed by atoms with E-state index < -0.39 is 0 Å². The fourth-order valence-corrected chi connectivity index (χ4v) is 2.72. The highest BCUT2D eigenvalue weighted by atomic mass is 16.5. The Bertz CT molecular complexity index is 589. The van der Waals surface area contributed by atoms with Gasteiger partial charge in [-0.05, 0) is 44.9 Å². The lowest BCUT2D eigenvalue weighted by molar-refractivity contribution is -0.0553. The Kier molecular flexibility index (Phi) is 2.97. The molecular formula is C15H20N2O2. The number of aryl methyl sites for hydroxylation is 1. The Labute approximate surface area is 113 Å². The average Bonchev–Trinajstić information content (AvgIpc) is 2.67. The van der Waals surface area contributed by atoms with Crippen molar-refractivity contribution >= 4 is 16.8 Å². The number of aromatic nitrogens is 1. The van der Waals surface area contributed by atoms with Crippen LogP contribution in [0, 0.1) is 6.92 Å². The summed E-state index contributed by atoms with van der Waals surface area (Å²) in [6, 6.07) is 6.53. The van der Waals surface area contributed by atoms with Crippen molar-refractivity contribution in [1.29, 1.82) is 0 Å². The number of fused-ring (bicyclic) bond motifs is 1. The van der Waals surface area contributed by atoms with Crippen LogP contribution in [-0.2, 0) is 4.74 Å². The number of rotatable bonds is 2. The zero-order chi connectivity index (χ0) is 13.5. The smallest absolute Gasteiger partial charge is 0.192 e. The first-order chi connectivity index (χ1) is 9.02. The molecule has 1 aliphatic heterocycles. The molecule has 2 heterocycles. The highest BCUT2D eigenvalue weighted by molar-refractivity contribution is 5.77. The number of oxazole rings is 1. The number of anilines is 1. The van der Waals surface area contributed by atoms with Crippen LogP contribution in [0.5, 0.6) is 0 Å². The first-order valence-corrected chi connectivity index (χ1v) is 6.80. The number of ether oxygens (including phenoxy) is 1. The second-order valence-corrected chi connectivity index (χ2v) is 5.86. The van der Waals surface area contributed by atoms with E-state index in [0.29, 0.717) is 11.9 Å². The molecule has 3 rings (SSSR count). The Morgan fingerprint density at radius 1 is 1.37 bits per heavy atom. The molecule has 4 nitrogen and oxygen atoms in total. The van der Waals surface area contributed by atoms with Gasteiger partial charge >= 0.3 is 0 Å². The van der Waals surface area contributed by atoms with Crippen molar-refractivity contribution in [2.75, 3.05) is 11.9 Å². The van der Waals surface area contributed by atoms with Gasteiger partial charge in [-0.25, -0.2) is 4.98 Å². The minimum Gasteiger partial charge on any atom is -0.441 e. The van der Waals surface area contributed by atoms with E-state index in [1.807, 2.05) is 19.1 Å². The minimum absolute atomic E-state index is 0.0372. The molecule has 0 spiro atoms. The third kappa shape index (κ3) is 2.73. The molecule has 0 amide bonds. The van der Waals surface area contributed by atoms with Crippen molar-refractivity contribution in [1.82, 2.24) is 4.98 Å². The van der Waals surface area contributed by atoms with Crippen molar-refractivity contribution in [3.8, 4) is 0 Å². The van der Waals surface area contributed by atoms with Crippen molar-refractivity contribution in [3.63, 3.8) is 0 Å². The van der Waals surface area contributed by atoms with Gasteiger partial charge in [0.15, 0.2) is 11.5 Å². The number of benzene rings is 1. The van der Waals surface area contributed by atoms with E-state index in [4.69, 9.17) is 9.15 Å². The van der Waals surface area contributed by atoms with Gasteiger partial charge < -0.3 is 14.5 Å². The lowest BCUT2D eigenvalue weighted by Gasteiger charge is -2.36. The molecule has 1 fully saturated rings. The summed E-state index contributed by atoms with van der Waals surface area (Å²) in [7, 11) is 0. The van der Waals surface area contributed by atoms with Crippen LogP contribution in [0.15, 0.2) is 22.6 Å². The minimum atomic E-state index is -0.0372. The van der Waals surface area contributed by atoms with Gasteiger partial charge in [0.25, 0.3) is 0 Å². The summed E-state index contributed by atoms with van der Waals surface area (Å²) in [6.07, 6.45) is 2.06. The lowest BCUT2D eigenvalue weighted by atomic mass is 9.94. The van der Waals surface area contributed by atoms with E-state index in [1.54, 1.807) is 0 Å². The van der Waals surface area contributed by atoms with E-state index in [0.717, 1.165) is 36.2 Å². The topological polar surface area (TPSA) is 47.3 Å². The van der Waals surface area contributed by atoms with Crippen LogP contribution in [0.25, 0.3) is 11.1 Å². The van der Waals surface area contributed by atoms with Gasteiger partial charge in [0.1, 0.15) is 5.52 Å². The number of hydrogen-bond acceptors (Lipinski definition) is 4. The van der Waals surface area contributed by atoms with Gasteiger partial charge in [-0.3, -0.25) is 0 Å². The second kappa shape index (κ2) is 4.53. The first-order valence-electron chi connectivity index (χ1n) is 6.80. The zero-order valence-electron chi connectivity index (χ0n) is 11.7. The summed E-state index contributed by atoms with van der Waals surface area (Å²) in [5.74, 6) is 0.708. The van der Waals surface area contributed by atoms with E-state index in [-0.39, 0.29) is 5.60 Å². The van der Waals surface area contributed by atoms with Gasteiger partial charge in [0.05, 0.1) is 5.60 Å². The SMILES string of the molecule is Cc1nc2cc(NC3CCOC(C)(C)C3)ccc2o1. The molecule has 1 aromatic heterocycles. The Balaban J connectivity index is 1.77. The maximum absolute atomic E-state index is 5.74. The third-order valence-electron chi connectivity index (χ3n) is 3.56. The van der Waals surface area contributed by atoms with Crippen molar-refractivity contribution in [3.05, 3.63) is 24.1 Å². The number of nitrogens with zero attached hydrogens (tertiary/aromatic N) is 1. The lowest BCUT2D eigenvalue weighted by Crippen LogP contribution is -2.40. The Hall–Kier alpha value is -1.55. The predicted molar refractivity (Wildman–Crippen MR) is 75.4 cm³/mol. The van der Waals surface area contributed by atoms with Gasteiger partial charge in [-0.1, -0.05) is 0 Å². The van der Waals surface area contributed by atoms with Crippen LogP contribution in [0.1, 0.15) is 32.6 Å². The third-order valence-corrected chi connectivity index (χ3v) is 3.56. The van der Waals surface area contributed by atoms with Crippen molar-refractivity contribution in [2.45, 2.75) is 45.3 Å². The van der Waals surface area contributed by atoms with E-state index >= 15 is 0 Å². The molecule has 0 saturated carbocycles. The van der Waals surface area contributed by atoms with Crippen LogP contribution in [0.2, 0.25) is 0 Å². The molecule has 0 radical (unpaired) electrons. The van der Waals surface area contributed by atoms with Crippen LogP contribution in [-0.4, -0.2) is 23.2 Å². The van der Waals surface area contributed by atoms with E-state index in [1.165, 1.54) is 0 Å². The first kappa shape index (κ1) is 12.5. The number of hydrogen-bond donors (Lipinski definition) is 1. The molecule has 19 heavy (non-hydrogen) atoms. The summed E-state index contributed by atoms with van der Waals surface area (Å²) in [5.41, 5.74) is 2.82. The highest BCUT2D eigenvalue weighted by Gasteiger charge is 2.28. The molecule has 2 aromatic rings. The van der Waals surface area contributed by atoms with Crippen molar-refractivity contribution in [2.24, 2.45) is 0 Å². The molecule has 1 saturated heterocycles. The zero-order valence-corrected chi connectivity index (χ0v) is 11.7. The standard InChI is InChI=1S/C15H20N2O2/c1-10-16-13-8-11(4-5-14(13)19-10)17-12-6-7-18-15(2,3)9-12/h4-5,8,12,17H,6-7,9H2,1-3H3. The highest BCUT2D eigenvalue weighted by Crippen LogP contribution is 2.27. The summed E-state index contributed by atoms with van der Waals surface area (Å²) < 4.78 is 11.2. The van der Waals surface area contributed by atoms with Gasteiger partial charge in [0.2, 0.25) is 0 Å². The summed E-state index contributed by atoms with van der Waals surface area (Å²) in [6.45, 7) is 6.97. The molecule has 1 N–H and O–H groups in total. The largest absolute Gasteiger partial charge is 0.441 e. The van der Waals surface area contributed by atoms with Crippen molar-refractivity contribution < 1.29 is 9.15 Å². The summed E-state index contributed by atoms with van der Waals surface area (Å²) >= 11 is 0. The van der Waals surface area contributed by atoms with Gasteiger partial charge in [-0.2, -0.15) is 0 Å². The quantitative estimate of drug-likeness (QED) is 0.897. The fraction of sp³-hybridized carbons (Fsp3) is 0.533. The molecular weight excluding hydrogens is 240 g/mol. The van der Waals surface area contributed by atoms with Gasteiger partial charge in [0, 0.05) is 25.3 Å². The predicted octanol–water partition coefficient (Wildman–Crippen LogP) is 3.51. The van der Waals surface area contributed by atoms with Crippen LogP contribution in [0.3, 0.4) is 0 Å². The maximum Gasteiger partial charge on any atom is 0.192 e. The molecule has 1 aliphatic rings.